The summed E-state index contributed by atoms with van der Waals surface area (Å²) in [5, 5.41) is 9.12. The Bertz CT molecular complexity index is 1280. The third-order valence-electron chi connectivity index (χ3n) is 5.14. The number of carbonyl (C=O) groups excluding carboxylic acids is 1. The van der Waals surface area contributed by atoms with Crippen molar-refractivity contribution >= 4 is 17.7 Å². The first-order valence-electron chi connectivity index (χ1n) is 10.4. The molecular formula is C25H22F2N4O2S. The number of nitrogens with zero attached hydrogens (tertiary/aromatic N) is 4. The van der Waals surface area contributed by atoms with Crippen LogP contribution < -0.4 is 4.74 Å². The minimum atomic E-state index is -0.473. The second-order valence-electron chi connectivity index (χ2n) is 7.49. The molecule has 0 saturated carbocycles. The molecule has 0 unspecified atom stereocenters. The zero-order chi connectivity index (χ0) is 24.1. The van der Waals surface area contributed by atoms with E-state index in [9.17, 15) is 13.6 Å². The van der Waals surface area contributed by atoms with E-state index in [-0.39, 0.29) is 29.8 Å². The van der Waals surface area contributed by atoms with Gasteiger partial charge in [0.25, 0.3) is 0 Å². The molecule has 3 aromatic carbocycles. The normalized spacial score (nSPS) is 10.8. The Kier molecular flexibility index (Phi) is 7.22. The molecule has 0 atom stereocenters. The topological polar surface area (TPSA) is 60.2 Å². The maximum atomic E-state index is 14.0. The number of halogens is 2. The largest absolute Gasteiger partial charge is 0.494 e. The van der Waals surface area contributed by atoms with Gasteiger partial charge in [0.15, 0.2) is 22.5 Å². The van der Waals surface area contributed by atoms with Crippen LogP contribution in [0.4, 0.5) is 8.78 Å². The molecule has 0 saturated heterocycles. The lowest BCUT2D eigenvalue weighted by Crippen LogP contribution is -2.28. The van der Waals surface area contributed by atoms with Gasteiger partial charge < -0.3 is 9.64 Å². The molecule has 0 bridgehead atoms. The standard InChI is InChI=1S/C25H22F2N4O2S/c1-30(15-17-8-13-22(33-2)21(27)14-17)23(32)16-34-25-29-28-24(18-9-11-19(26)12-10-18)31(25)20-6-4-3-5-7-20/h3-14H,15-16H2,1-2H3. The van der Waals surface area contributed by atoms with E-state index in [4.69, 9.17) is 4.74 Å². The van der Waals surface area contributed by atoms with E-state index in [0.717, 1.165) is 5.69 Å². The molecule has 1 aromatic heterocycles. The van der Waals surface area contributed by atoms with Crippen LogP contribution >= 0.6 is 11.8 Å². The van der Waals surface area contributed by atoms with Crippen LogP contribution in [0.5, 0.6) is 5.75 Å². The second kappa shape index (κ2) is 10.5. The molecule has 1 amide bonds. The summed E-state index contributed by atoms with van der Waals surface area (Å²) in [6, 6.07) is 20.1. The highest BCUT2D eigenvalue weighted by molar-refractivity contribution is 7.99. The number of hydrogen-bond acceptors (Lipinski definition) is 5. The van der Waals surface area contributed by atoms with Gasteiger partial charge in [0, 0.05) is 24.8 Å². The fourth-order valence-electron chi connectivity index (χ4n) is 3.37. The first-order valence-corrected chi connectivity index (χ1v) is 11.4. The van der Waals surface area contributed by atoms with Crippen molar-refractivity contribution in [3.63, 3.8) is 0 Å². The summed E-state index contributed by atoms with van der Waals surface area (Å²) in [6.45, 7) is 0.256. The zero-order valence-corrected chi connectivity index (χ0v) is 19.4. The first-order chi connectivity index (χ1) is 16.5. The summed E-state index contributed by atoms with van der Waals surface area (Å²) in [5.41, 5.74) is 2.18. The van der Waals surface area contributed by atoms with Crippen LogP contribution in [-0.4, -0.2) is 45.5 Å². The van der Waals surface area contributed by atoms with Gasteiger partial charge in [-0.05, 0) is 54.1 Å². The molecule has 6 nitrogen and oxygen atoms in total. The molecule has 34 heavy (non-hydrogen) atoms. The Balaban J connectivity index is 1.51. The monoisotopic (exact) mass is 480 g/mol. The number of methoxy groups -OCH3 is 1. The van der Waals surface area contributed by atoms with Crippen molar-refractivity contribution in [3.05, 3.63) is 90.0 Å². The summed E-state index contributed by atoms with van der Waals surface area (Å²) in [5.74, 6) is -0.140. The van der Waals surface area contributed by atoms with Crippen molar-refractivity contribution in [1.82, 2.24) is 19.7 Å². The van der Waals surface area contributed by atoms with Gasteiger partial charge in [-0.2, -0.15) is 0 Å². The lowest BCUT2D eigenvalue weighted by Gasteiger charge is -2.17. The van der Waals surface area contributed by atoms with E-state index in [2.05, 4.69) is 10.2 Å². The number of aromatic nitrogens is 3. The van der Waals surface area contributed by atoms with E-state index in [1.54, 1.807) is 25.2 Å². The second-order valence-corrected chi connectivity index (χ2v) is 8.43. The smallest absolute Gasteiger partial charge is 0.233 e. The molecule has 0 N–H and O–H groups in total. The molecule has 1 heterocycles. The number of para-hydroxylation sites is 1. The van der Waals surface area contributed by atoms with Crippen LogP contribution in [0.2, 0.25) is 0 Å². The maximum absolute atomic E-state index is 14.0. The van der Waals surface area contributed by atoms with Gasteiger partial charge in [-0.3, -0.25) is 9.36 Å². The van der Waals surface area contributed by atoms with E-state index in [1.165, 1.54) is 48.0 Å². The van der Waals surface area contributed by atoms with E-state index < -0.39 is 5.82 Å². The van der Waals surface area contributed by atoms with E-state index in [1.807, 2.05) is 34.9 Å². The van der Waals surface area contributed by atoms with Crippen molar-refractivity contribution in [2.75, 3.05) is 19.9 Å². The van der Waals surface area contributed by atoms with Crippen LogP contribution in [0, 0.1) is 11.6 Å². The molecule has 174 valence electrons. The molecule has 9 heteroatoms. The molecule has 0 fully saturated rings. The summed E-state index contributed by atoms with van der Waals surface area (Å²) in [6.07, 6.45) is 0. The Morgan fingerprint density at radius 1 is 1.03 bits per heavy atom. The number of carbonyl (C=O) groups is 1. The highest BCUT2D eigenvalue weighted by Gasteiger charge is 2.19. The number of amides is 1. The van der Waals surface area contributed by atoms with E-state index >= 15 is 0 Å². The summed E-state index contributed by atoms with van der Waals surface area (Å²) in [7, 11) is 3.07. The molecular weight excluding hydrogens is 458 g/mol. The first kappa shape index (κ1) is 23.4. The highest BCUT2D eigenvalue weighted by atomic mass is 32.2. The Morgan fingerprint density at radius 2 is 1.76 bits per heavy atom. The average Bonchev–Trinajstić information content (AvgIpc) is 3.27. The maximum Gasteiger partial charge on any atom is 0.233 e. The van der Waals surface area contributed by atoms with Crippen LogP contribution in [0.15, 0.2) is 78.0 Å². The fraction of sp³-hybridized carbons (Fsp3) is 0.160. The van der Waals surface area contributed by atoms with Crippen LogP contribution in [-0.2, 0) is 11.3 Å². The molecule has 0 aliphatic heterocycles. The van der Waals surface area contributed by atoms with Crippen LogP contribution in [0.25, 0.3) is 17.1 Å². The molecule has 0 aliphatic carbocycles. The number of rotatable bonds is 8. The number of hydrogen-bond donors (Lipinski definition) is 0. The highest BCUT2D eigenvalue weighted by Crippen LogP contribution is 2.28. The minimum Gasteiger partial charge on any atom is -0.494 e. The summed E-state index contributed by atoms with van der Waals surface area (Å²) in [4.78, 5) is 14.3. The van der Waals surface area contributed by atoms with Gasteiger partial charge >= 0.3 is 0 Å². The number of benzene rings is 3. The van der Waals surface area contributed by atoms with Crippen molar-refractivity contribution < 1.29 is 18.3 Å². The SMILES string of the molecule is COc1ccc(CN(C)C(=O)CSc2nnc(-c3ccc(F)cc3)n2-c2ccccc2)cc1F. The lowest BCUT2D eigenvalue weighted by atomic mass is 10.2. The van der Waals surface area contributed by atoms with Crippen molar-refractivity contribution in [2.45, 2.75) is 11.7 Å². The Labute approximate surface area is 200 Å². The van der Waals surface area contributed by atoms with Gasteiger partial charge in [0.2, 0.25) is 5.91 Å². The molecule has 0 aliphatic rings. The van der Waals surface area contributed by atoms with Crippen molar-refractivity contribution in [3.8, 4) is 22.8 Å². The van der Waals surface area contributed by atoms with Crippen LogP contribution in [0.3, 0.4) is 0 Å². The lowest BCUT2D eigenvalue weighted by molar-refractivity contribution is -0.127. The van der Waals surface area contributed by atoms with Crippen molar-refractivity contribution in [1.29, 1.82) is 0 Å². The predicted octanol–water partition coefficient (Wildman–Crippen LogP) is 4.97. The Hall–Kier alpha value is -3.72. The Morgan fingerprint density at radius 3 is 2.44 bits per heavy atom. The minimum absolute atomic E-state index is 0.115. The van der Waals surface area contributed by atoms with Gasteiger partial charge in [0.05, 0.1) is 12.9 Å². The average molecular weight is 481 g/mol. The summed E-state index contributed by atoms with van der Waals surface area (Å²) < 4.78 is 34.2. The predicted molar refractivity (Wildman–Crippen MR) is 127 cm³/mol. The fourth-order valence-corrected chi connectivity index (χ4v) is 4.26. The van der Waals surface area contributed by atoms with Crippen LogP contribution in [0.1, 0.15) is 5.56 Å². The third kappa shape index (κ3) is 5.26. The number of thioether (sulfide) groups is 1. The molecule has 4 aromatic rings. The van der Waals surface area contributed by atoms with Gasteiger partial charge in [-0.25, -0.2) is 8.78 Å². The van der Waals surface area contributed by atoms with Gasteiger partial charge in [-0.15, -0.1) is 10.2 Å². The molecule has 0 radical (unpaired) electrons. The zero-order valence-electron chi connectivity index (χ0n) is 18.6. The van der Waals surface area contributed by atoms with Gasteiger partial charge in [0.1, 0.15) is 5.82 Å². The molecule has 4 rings (SSSR count). The number of ether oxygens (including phenoxy) is 1. The quantitative estimate of drug-likeness (QED) is 0.333. The summed E-state index contributed by atoms with van der Waals surface area (Å²) >= 11 is 1.25. The van der Waals surface area contributed by atoms with E-state index in [0.29, 0.717) is 22.1 Å². The third-order valence-corrected chi connectivity index (χ3v) is 6.05. The van der Waals surface area contributed by atoms with Crippen molar-refractivity contribution in [2.24, 2.45) is 0 Å². The molecule has 0 spiro atoms. The van der Waals surface area contributed by atoms with Gasteiger partial charge in [-0.1, -0.05) is 36.0 Å².